The molecule has 6 N–H and O–H groups in total. The van der Waals surface area contributed by atoms with Crippen molar-refractivity contribution in [3.05, 3.63) is 24.3 Å². The number of aliphatic carboxylic acids is 4. The van der Waals surface area contributed by atoms with Crippen molar-refractivity contribution in [1.82, 2.24) is 0 Å². The van der Waals surface area contributed by atoms with E-state index in [1.54, 1.807) is 18.2 Å². The minimum Gasteiger partial charge on any atom is -0.485 e. The third-order valence-corrected chi connectivity index (χ3v) is 3.19. The van der Waals surface area contributed by atoms with Gasteiger partial charge >= 0.3 is 23.9 Å². The van der Waals surface area contributed by atoms with Crippen molar-refractivity contribution in [2.24, 2.45) is 11.7 Å². The summed E-state index contributed by atoms with van der Waals surface area (Å²) in [5.74, 6) is -6.30. The molecular weight excluding hydrogens is 354 g/mol. The first-order valence-electron chi connectivity index (χ1n) is 7.18. The second kappa shape index (κ2) is 9.22. The summed E-state index contributed by atoms with van der Waals surface area (Å²) < 4.78 is 10.4. The number of hydrogen-bond acceptors (Lipinski definition) is 7. The molecule has 0 aliphatic carbocycles. The molecule has 0 saturated carbocycles. The Hall–Kier alpha value is -3.34. The Balaban J connectivity index is 0.000000260. The number of benzene rings is 1. The molecule has 0 spiro atoms. The van der Waals surface area contributed by atoms with Crippen molar-refractivity contribution in [3.8, 4) is 11.5 Å². The number of carboxylic acids is 4. The maximum atomic E-state index is 10.6. The molecule has 11 nitrogen and oxygen atoms in total. The van der Waals surface area contributed by atoms with Gasteiger partial charge in [0.1, 0.15) is 12.6 Å². The van der Waals surface area contributed by atoms with Crippen molar-refractivity contribution >= 4 is 23.9 Å². The zero-order chi connectivity index (χ0) is 19.9. The highest BCUT2D eigenvalue weighted by Crippen LogP contribution is 2.30. The zero-order valence-electron chi connectivity index (χ0n) is 13.3. The Morgan fingerprint density at radius 2 is 1.54 bits per heavy atom. The van der Waals surface area contributed by atoms with E-state index in [2.05, 4.69) is 0 Å². The molecule has 1 aromatic rings. The first-order valence-corrected chi connectivity index (χ1v) is 7.18. The van der Waals surface area contributed by atoms with Crippen LogP contribution in [0, 0.1) is 5.92 Å². The van der Waals surface area contributed by atoms with E-state index < -0.39 is 48.4 Å². The minimum absolute atomic E-state index is 0.0619. The van der Waals surface area contributed by atoms with E-state index in [0.717, 1.165) is 0 Å². The van der Waals surface area contributed by atoms with Crippen molar-refractivity contribution in [2.45, 2.75) is 18.6 Å². The average Bonchev–Trinajstić information content (AvgIpc) is 2.58. The van der Waals surface area contributed by atoms with E-state index in [4.69, 9.17) is 35.6 Å². The SMILES string of the molecule is N[C@H](CC(C(=O)O)C(=O)O)C(=O)O.O=C(O)[C@@H]1COc2ccccc2O1. The molecule has 1 heterocycles. The number of fused-ring (bicyclic) bond motifs is 1. The number of para-hydroxylation sites is 2. The fraction of sp³-hybridized carbons (Fsp3) is 0.333. The molecule has 1 aliphatic rings. The molecule has 11 heteroatoms. The molecule has 2 rings (SSSR count). The summed E-state index contributed by atoms with van der Waals surface area (Å²) in [5.41, 5.74) is 4.97. The lowest BCUT2D eigenvalue weighted by molar-refractivity contribution is -0.155. The van der Waals surface area contributed by atoms with E-state index in [9.17, 15) is 19.2 Å². The van der Waals surface area contributed by atoms with E-state index >= 15 is 0 Å². The van der Waals surface area contributed by atoms with Crippen LogP contribution in [0.4, 0.5) is 0 Å². The number of nitrogens with two attached hydrogens (primary N) is 1. The van der Waals surface area contributed by atoms with Gasteiger partial charge in [-0.1, -0.05) is 12.1 Å². The molecule has 0 fully saturated rings. The summed E-state index contributed by atoms with van der Waals surface area (Å²) in [4.78, 5) is 41.3. The lowest BCUT2D eigenvalue weighted by atomic mass is 10.0. The second-order valence-corrected chi connectivity index (χ2v) is 5.11. The fourth-order valence-electron chi connectivity index (χ4n) is 1.80. The number of carboxylic acid groups (broad SMARTS) is 4. The summed E-state index contributed by atoms with van der Waals surface area (Å²) >= 11 is 0. The van der Waals surface area contributed by atoms with Gasteiger partial charge in [0.2, 0.25) is 6.10 Å². The topological polar surface area (TPSA) is 194 Å². The van der Waals surface area contributed by atoms with Gasteiger partial charge in [0.25, 0.3) is 0 Å². The second-order valence-electron chi connectivity index (χ2n) is 5.11. The monoisotopic (exact) mass is 371 g/mol. The summed E-state index contributed by atoms with van der Waals surface area (Å²) in [5, 5.41) is 33.6. The lowest BCUT2D eigenvalue weighted by Crippen LogP contribution is -2.37. The van der Waals surface area contributed by atoms with Gasteiger partial charge in [-0.05, 0) is 18.6 Å². The molecule has 0 unspecified atom stereocenters. The van der Waals surface area contributed by atoms with E-state index in [1.807, 2.05) is 6.07 Å². The Morgan fingerprint density at radius 3 is 2.00 bits per heavy atom. The number of carbonyl (C=O) groups is 4. The average molecular weight is 371 g/mol. The van der Waals surface area contributed by atoms with Crippen LogP contribution in [0.2, 0.25) is 0 Å². The molecule has 142 valence electrons. The third-order valence-electron chi connectivity index (χ3n) is 3.19. The Morgan fingerprint density at radius 1 is 1.00 bits per heavy atom. The van der Waals surface area contributed by atoms with Crippen molar-refractivity contribution < 1.29 is 49.1 Å². The fourth-order valence-corrected chi connectivity index (χ4v) is 1.80. The first kappa shape index (κ1) is 20.7. The Kier molecular flexibility index (Phi) is 7.34. The standard InChI is InChI=1S/C9H8O4.C6H9NO6/c10-9(11)8-5-12-6-3-1-2-4-7(6)13-8;7-3(6(12)13)1-2(4(8)9)5(10)11/h1-4,8H,5H2,(H,10,11);2-3H,1,7H2,(H,8,9)(H,10,11)(H,12,13)/t8-;3-/m01/s1. The normalized spacial score (nSPS) is 16.0. The minimum atomic E-state index is -1.77. The maximum absolute atomic E-state index is 10.6. The van der Waals surface area contributed by atoms with E-state index in [-0.39, 0.29) is 6.61 Å². The molecule has 0 radical (unpaired) electrons. The van der Waals surface area contributed by atoms with Crippen molar-refractivity contribution in [3.63, 3.8) is 0 Å². The van der Waals surface area contributed by atoms with E-state index in [1.165, 1.54) is 0 Å². The molecule has 0 bridgehead atoms. The highest BCUT2D eigenvalue weighted by atomic mass is 16.6. The quantitative estimate of drug-likeness (QED) is 0.404. The number of hydrogen-bond donors (Lipinski definition) is 5. The molecule has 1 aliphatic heterocycles. The predicted octanol–water partition coefficient (Wildman–Crippen LogP) is -0.515. The number of ether oxygens (including phenoxy) is 2. The summed E-state index contributed by atoms with van der Waals surface area (Å²) in [6, 6.07) is 5.53. The highest BCUT2D eigenvalue weighted by Gasteiger charge is 2.30. The molecule has 0 amide bonds. The van der Waals surface area contributed by atoms with Crippen LogP contribution in [0.5, 0.6) is 11.5 Å². The van der Waals surface area contributed by atoms with Crippen LogP contribution in [-0.4, -0.2) is 63.1 Å². The third kappa shape index (κ3) is 5.94. The lowest BCUT2D eigenvalue weighted by Gasteiger charge is -2.23. The zero-order valence-corrected chi connectivity index (χ0v) is 13.3. The largest absolute Gasteiger partial charge is 0.485 e. The van der Waals surface area contributed by atoms with Crippen LogP contribution in [-0.2, 0) is 19.2 Å². The van der Waals surface area contributed by atoms with Crippen molar-refractivity contribution in [2.75, 3.05) is 6.61 Å². The predicted molar refractivity (Wildman–Crippen MR) is 83.0 cm³/mol. The molecule has 0 saturated heterocycles. The molecule has 1 aromatic carbocycles. The van der Waals surface area contributed by atoms with Gasteiger partial charge in [-0.3, -0.25) is 14.4 Å². The summed E-state index contributed by atoms with van der Waals surface area (Å²) in [6.07, 6.45) is -1.52. The van der Waals surface area contributed by atoms with Crippen LogP contribution in [0.3, 0.4) is 0 Å². The molecule has 0 aromatic heterocycles. The smallest absolute Gasteiger partial charge is 0.348 e. The molecule has 2 atom stereocenters. The van der Waals surface area contributed by atoms with Gasteiger partial charge in [-0.25, -0.2) is 4.79 Å². The van der Waals surface area contributed by atoms with Crippen molar-refractivity contribution in [1.29, 1.82) is 0 Å². The van der Waals surface area contributed by atoms with Gasteiger partial charge in [0.05, 0.1) is 0 Å². The summed E-state index contributed by atoms with van der Waals surface area (Å²) in [7, 11) is 0. The maximum Gasteiger partial charge on any atom is 0.348 e. The summed E-state index contributed by atoms with van der Waals surface area (Å²) in [6.45, 7) is 0.0619. The highest BCUT2D eigenvalue weighted by molar-refractivity contribution is 5.93. The van der Waals surface area contributed by atoms with Gasteiger partial charge in [-0.15, -0.1) is 0 Å². The number of rotatable bonds is 6. The molecule has 26 heavy (non-hydrogen) atoms. The Bertz CT molecular complexity index is 675. The van der Waals surface area contributed by atoms with Gasteiger partial charge in [0, 0.05) is 0 Å². The molecular formula is C15H17NO10. The van der Waals surface area contributed by atoms with Gasteiger partial charge < -0.3 is 35.6 Å². The van der Waals surface area contributed by atoms with Crippen LogP contribution in [0.15, 0.2) is 24.3 Å². The van der Waals surface area contributed by atoms with Crippen LogP contribution in [0.1, 0.15) is 6.42 Å². The van der Waals surface area contributed by atoms with Crippen LogP contribution in [0.25, 0.3) is 0 Å². The van der Waals surface area contributed by atoms with Gasteiger partial charge in [0.15, 0.2) is 17.4 Å². The van der Waals surface area contributed by atoms with Crippen LogP contribution >= 0.6 is 0 Å². The van der Waals surface area contributed by atoms with Crippen LogP contribution < -0.4 is 15.2 Å². The van der Waals surface area contributed by atoms with Gasteiger partial charge in [-0.2, -0.15) is 0 Å². The Labute approximate surface area is 146 Å². The van der Waals surface area contributed by atoms with E-state index in [0.29, 0.717) is 11.5 Å². The first-order chi connectivity index (χ1) is 12.1.